The van der Waals surface area contributed by atoms with Crippen molar-refractivity contribution >= 4 is 51.1 Å². The quantitative estimate of drug-likeness (QED) is 0.617. The first-order valence-corrected chi connectivity index (χ1v) is 9.63. The average molecular weight is 409 g/mol. The molecule has 26 heavy (non-hydrogen) atoms. The van der Waals surface area contributed by atoms with E-state index in [1.54, 1.807) is 19.1 Å². The number of halogens is 2. The molecule has 0 saturated heterocycles. The highest BCUT2D eigenvalue weighted by molar-refractivity contribution is 7.18. The van der Waals surface area contributed by atoms with Crippen LogP contribution >= 0.6 is 34.3 Å². The number of benzene rings is 1. The van der Waals surface area contributed by atoms with Gasteiger partial charge in [0.2, 0.25) is 0 Å². The predicted octanol–water partition coefficient (Wildman–Crippen LogP) is 5.09. The lowest BCUT2D eigenvalue weighted by atomic mass is 10.2. The van der Waals surface area contributed by atoms with E-state index in [0.29, 0.717) is 20.8 Å². The summed E-state index contributed by atoms with van der Waals surface area (Å²) >= 11 is 8.46. The number of anilines is 1. The minimum Gasteiger partial charge on any atom is -0.346 e. The molecule has 3 aromatic rings. The van der Waals surface area contributed by atoms with Gasteiger partial charge in [0.25, 0.3) is 11.8 Å². The molecule has 0 spiro atoms. The molecular weight excluding hydrogens is 395 g/mol. The van der Waals surface area contributed by atoms with Crippen molar-refractivity contribution in [3.8, 4) is 0 Å². The van der Waals surface area contributed by atoms with Gasteiger partial charge in [0.1, 0.15) is 5.82 Å². The molecule has 3 rings (SSSR count). The SMILES string of the molecule is Cc1cc(NC(=O)c2cccc(F)c2)sc1C(=O)NCc1ccc(Cl)s1. The summed E-state index contributed by atoms with van der Waals surface area (Å²) in [6, 6.07) is 10.8. The van der Waals surface area contributed by atoms with Crippen LogP contribution in [-0.4, -0.2) is 11.8 Å². The molecule has 2 heterocycles. The second-order valence-electron chi connectivity index (χ2n) is 5.48. The van der Waals surface area contributed by atoms with Gasteiger partial charge in [-0.2, -0.15) is 0 Å². The Morgan fingerprint density at radius 2 is 1.92 bits per heavy atom. The third-order valence-electron chi connectivity index (χ3n) is 3.50. The minimum absolute atomic E-state index is 0.219. The van der Waals surface area contributed by atoms with Crippen LogP contribution in [-0.2, 0) is 6.54 Å². The summed E-state index contributed by atoms with van der Waals surface area (Å²) < 4.78 is 13.9. The van der Waals surface area contributed by atoms with E-state index in [-0.39, 0.29) is 11.5 Å². The number of rotatable bonds is 5. The van der Waals surface area contributed by atoms with Crippen LogP contribution in [0.15, 0.2) is 42.5 Å². The first-order valence-electron chi connectivity index (χ1n) is 7.62. The summed E-state index contributed by atoms with van der Waals surface area (Å²) in [6.45, 7) is 2.18. The zero-order chi connectivity index (χ0) is 18.7. The van der Waals surface area contributed by atoms with Crippen LogP contribution in [0, 0.1) is 12.7 Å². The van der Waals surface area contributed by atoms with Gasteiger partial charge in [-0.1, -0.05) is 17.7 Å². The van der Waals surface area contributed by atoms with Gasteiger partial charge in [-0.15, -0.1) is 22.7 Å². The van der Waals surface area contributed by atoms with Gasteiger partial charge in [0.05, 0.1) is 20.8 Å². The predicted molar refractivity (Wildman–Crippen MR) is 104 cm³/mol. The lowest BCUT2D eigenvalue weighted by molar-refractivity contribution is 0.0954. The van der Waals surface area contributed by atoms with E-state index in [1.807, 2.05) is 6.07 Å². The lowest BCUT2D eigenvalue weighted by Crippen LogP contribution is -2.21. The van der Waals surface area contributed by atoms with E-state index in [2.05, 4.69) is 10.6 Å². The number of nitrogens with one attached hydrogen (secondary N) is 2. The van der Waals surface area contributed by atoms with Crippen LogP contribution in [0.4, 0.5) is 9.39 Å². The molecule has 0 radical (unpaired) electrons. The normalized spacial score (nSPS) is 10.6. The molecule has 0 unspecified atom stereocenters. The standard InChI is InChI=1S/C18H14ClFN2O2S2/c1-10-7-15(22-17(23)11-3-2-4-12(20)8-11)26-16(10)18(24)21-9-13-5-6-14(19)25-13/h2-8H,9H2,1H3,(H,21,24)(H,22,23). The van der Waals surface area contributed by atoms with Crippen molar-refractivity contribution in [1.29, 1.82) is 0 Å². The van der Waals surface area contributed by atoms with E-state index in [9.17, 15) is 14.0 Å². The van der Waals surface area contributed by atoms with Crippen LogP contribution in [0.25, 0.3) is 0 Å². The highest BCUT2D eigenvalue weighted by Gasteiger charge is 2.16. The Kier molecular flexibility index (Phi) is 5.70. The highest BCUT2D eigenvalue weighted by atomic mass is 35.5. The fourth-order valence-electron chi connectivity index (χ4n) is 2.28. The van der Waals surface area contributed by atoms with Crippen molar-refractivity contribution in [2.24, 2.45) is 0 Å². The summed E-state index contributed by atoms with van der Waals surface area (Å²) in [7, 11) is 0. The maximum absolute atomic E-state index is 13.2. The molecule has 0 fully saturated rings. The molecule has 2 amide bonds. The average Bonchev–Trinajstić information content (AvgIpc) is 3.18. The Morgan fingerprint density at radius 3 is 2.62 bits per heavy atom. The van der Waals surface area contributed by atoms with Crippen molar-refractivity contribution in [2.45, 2.75) is 13.5 Å². The van der Waals surface area contributed by atoms with Crippen LogP contribution < -0.4 is 10.6 Å². The molecule has 0 bridgehead atoms. The van der Waals surface area contributed by atoms with Gasteiger partial charge >= 0.3 is 0 Å². The molecule has 0 aliphatic heterocycles. The molecule has 134 valence electrons. The molecule has 1 aromatic carbocycles. The van der Waals surface area contributed by atoms with E-state index in [1.165, 1.54) is 40.9 Å². The summed E-state index contributed by atoms with van der Waals surface area (Å²) in [5.74, 6) is -1.12. The van der Waals surface area contributed by atoms with E-state index in [4.69, 9.17) is 11.6 Å². The van der Waals surface area contributed by atoms with Crippen molar-refractivity contribution in [1.82, 2.24) is 5.32 Å². The fraction of sp³-hybridized carbons (Fsp3) is 0.111. The molecule has 4 nitrogen and oxygen atoms in total. The van der Waals surface area contributed by atoms with Crippen LogP contribution in [0.2, 0.25) is 4.34 Å². The molecule has 8 heteroatoms. The van der Waals surface area contributed by atoms with Gasteiger partial charge < -0.3 is 10.6 Å². The van der Waals surface area contributed by atoms with Gasteiger partial charge in [0.15, 0.2) is 0 Å². The first-order chi connectivity index (χ1) is 12.4. The number of carbonyl (C=O) groups excluding carboxylic acids is 2. The largest absolute Gasteiger partial charge is 0.346 e. The second-order valence-corrected chi connectivity index (χ2v) is 8.33. The molecule has 2 aromatic heterocycles. The molecule has 0 aliphatic rings. The fourth-order valence-corrected chi connectivity index (χ4v) is 4.29. The maximum Gasteiger partial charge on any atom is 0.261 e. The van der Waals surface area contributed by atoms with Gasteiger partial charge in [-0.25, -0.2) is 4.39 Å². The molecule has 0 saturated carbocycles. The smallest absolute Gasteiger partial charge is 0.261 e. The van der Waals surface area contributed by atoms with Gasteiger partial charge in [0, 0.05) is 10.4 Å². The Balaban J connectivity index is 1.66. The van der Waals surface area contributed by atoms with Crippen LogP contribution in [0.3, 0.4) is 0 Å². The number of amides is 2. The lowest BCUT2D eigenvalue weighted by Gasteiger charge is -2.03. The third-order valence-corrected chi connectivity index (χ3v) is 5.88. The van der Waals surface area contributed by atoms with Crippen molar-refractivity contribution in [3.63, 3.8) is 0 Å². The summed E-state index contributed by atoms with van der Waals surface area (Å²) in [4.78, 5) is 26.0. The molecule has 2 N–H and O–H groups in total. The molecular formula is C18H14ClFN2O2S2. The Morgan fingerprint density at radius 1 is 1.12 bits per heavy atom. The monoisotopic (exact) mass is 408 g/mol. The summed E-state index contributed by atoms with van der Waals surface area (Å²) in [6.07, 6.45) is 0. The Labute approximate surface area is 162 Å². The number of thiophene rings is 2. The Hall–Kier alpha value is -2.22. The van der Waals surface area contributed by atoms with Crippen molar-refractivity contribution < 1.29 is 14.0 Å². The van der Waals surface area contributed by atoms with Crippen LogP contribution in [0.1, 0.15) is 30.5 Å². The number of hydrogen-bond donors (Lipinski definition) is 2. The summed E-state index contributed by atoms with van der Waals surface area (Å²) in [5, 5.41) is 6.06. The topological polar surface area (TPSA) is 58.2 Å². The second kappa shape index (κ2) is 7.99. The molecule has 0 aliphatic carbocycles. The highest BCUT2D eigenvalue weighted by Crippen LogP contribution is 2.27. The summed E-state index contributed by atoms with van der Waals surface area (Å²) in [5.41, 5.74) is 0.975. The Bertz CT molecular complexity index is 968. The maximum atomic E-state index is 13.2. The minimum atomic E-state index is -0.478. The van der Waals surface area contributed by atoms with Crippen LogP contribution in [0.5, 0.6) is 0 Å². The van der Waals surface area contributed by atoms with E-state index < -0.39 is 11.7 Å². The van der Waals surface area contributed by atoms with Gasteiger partial charge in [-0.05, 0) is 48.9 Å². The first kappa shape index (κ1) is 18.6. The number of aryl methyl sites for hydroxylation is 1. The molecule has 0 atom stereocenters. The third kappa shape index (κ3) is 4.49. The van der Waals surface area contributed by atoms with E-state index in [0.717, 1.165) is 16.5 Å². The van der Waals surface area contributed by atoms with Crippen molar-refractivity contribution in [2.75, 3.05) is 5.32 Å². The zero-order valence-corrected chi connectivity index (χ0v) is 16.0. The van der Waals surface area contributed by atoms with Gasteiger partial charge in [-0.3, -0.25) is 9.59 Å². The number of hydrogen-bond acceptors (Lipinski definition) is 4. The van der Waals surface area contributed by atoms with Crippen molar-refractivity contribution in [3.05, 3.63) is 73.5 Å². The zero-order valence-electron chi connectivity index (χ0n) is 13.6. The van der Waals surface area contributed by atoms with E-state index >= 15 is 0 Å². The number of carbonyl (C=O) groups is 2.